The van der Waals surface area contributed by atoms with E-state index in [1.54, 1.807) is 5.38 Å². The Kier molecular flexibility index (Phi) is 4.62. The van der Waals surface area contributed by atoms with Crippen molar-refractivity contribution in [3.05, 3.63) is 65.4 Å². The van der Waals surface area contributed by atoms with Crippen molar-refractivity contribution in [2.24, 2.45) is 0 Å². The van der Waals surface area contributed by atoms with Gasteiger partial charge in [-0.25, -0.2) is 9.97 Å². The molecular weight excluding hydrogens is 374 g/mol. The van der Waals surface area contributed by atoms with Crippen LogP contribution in [0.15, 0.2) is 54.2 Å². The molecule has 1 aromatic carbocycles. The summed E-state index contributed by atoms with van der Waals surface area (Å²) in [5, 5.41) is 7.37. The van der Waals surface area contributed by atoms with Crippen molar-refractivity contribution in [2.75, 3.05) is 10.6 Å². The minimum absolute atomic E-state index is 0.223. The molecule has 3 aromatic heterocycles. The molecule has 3 heterocycles. The predicted molar refractivity (Wildman–Crippen MR) is 110 cm³/mol. The first-order valence-corrected chi connectivity index (χ1v) is 9.47. The van der Waals surface area contributed by atoms with E-state index in [4.69, 9.17) is 0 Å². The third-order valence-electron chi connectivity index (χ3n) is 4.14. The van der Waals surface area contributed by atoms with E-state index >= 15 is 0 Å². The maximum atomic E-state index is 12.3. The largest absolute Gasteiger partial charge is 0.321 e. The second-order valence-corrected chi connectivity index (χ2v) is 7.16. The molecule has 4 rings (SSSR count). The monoisotopic (exact) mass is 391 g/mol. The van der Waals surface area contributed by atoms with Crippen LogP contribution in [0.4, 0.5) is 10.8 Å². The molecule has 0 saturated carbocycles. The molecule has 28 heavy (non-hydrogen) atoms. The van der Waals surface area contributed by atoms with Crippen molar-refractivity contribution < 1.29 is 9.59 Å². The van der Waals surface area contributed by atoms with E-state index in [2.05, 4.69) is 20.6 Å². The highest BCUT2D eigenvalue weighted by Gasteiger charge is 2.12. The Morgan fingerprint density at radius 3 is 2.57 bits per heavy atom. The summed E-state index contributed by atoms with van der Waals surface area (Å²) in [6.45, 7) is 3.42. The molecule has 0 saturated heterocycles. The molecule has 2 amide bonds. The summed E-state index contributed by atoms with van der Waals surface area (Å²) in [5.74, 6) is -0.553. The summed E-state index contributed by atoms with van der Waals surface area (Å²) >= 11 is 1.21. The highest BCUT2D eigenvalue weighted by Crippen LogP contribution is 2.23. The third kappa shape index (κ3) is 3.63. The van der Waals surface area contributed by atoms with Gasteiger partial charge in [0, 0.05) is 35.9 Å². The number of benzene rings is 1. The Labute approximate surface area is 165 Å². The molecule has 0 radical (unpaired) electrons. The number of thiazole rings is 1. The number of aromatic nitrogens is 3. The average Bonchev–Trinajstić information content (AvgIpc) is 3.30. The second-order valence-electron chi connectivity index (χ2n) is 6.30. The average molecular weight is 391 g/mol. The number of hydrogen-bond donors (Lipinski definition) is 2. The van der Waals surface area contributed by atoms with Gasteiger partial charge in [-0.2, -0.15) is 0 Å². The van der Waals surface area contributed by atoms with Crippen LogP contribution >= 0.6 is 11.3 Å². The van der Waals surface area contributed by atoms with Gasteiger partial charge in [0.1, 0.15) is 11.3 Å². The second kappa shape index (κ2) is 7.24. The fourth-order valence-electron chi connectivity index (χ4n) is 2.80. The van der Waals surface area contributed by atoms with E-state index in [1.807, 2.05) is 60.1 Å². The van der Waals surface area contributed by atoms with Gasteiger partial charge in [-0.05, 0) is 30.7 Å². The van der Waals surface area contributed by atoms with E-state index in [-0.39, 0.29) is 17.5 Å². The summed E-state index contributed by atoms with van der Waals surface area (Å²) in [7, 11) is 0. The molecule has 0 aliphatic heterocycles. The maximum absolute atomic E-state index is 12.3. The van der Waals surface area contributed by atoms with E-state index in [0.29, 0.717) is 10.8 Å². The van der Waals surface area contributed by atoms with Crippen molar-refractivity contribution in [2.45, 2.75) is 13.8 Å². The van der Waals surface area contributed by atoms with Gasteiger partial charge in [-0.3, -0.25) is 9.59 Å². The molecule has 7 nitrogen and oxygen atoms in total. The van der Waals surface area contributed by atoms with Gasteiger partial charge in [0.25, 0.3) is 5.91 Å². The van der Waals surface area contributed by atoms with Crippen LogP contribution in [0, 0.1) is 6.92 Å². The Morgan fingerprint density at radius 2 is 1.86 bits per heavy atom. The first kappa shape index (κ1) is 17.9. The van der Waals surface area contributed by atoms with Gasteiger partial charge in [-0.15, -0.1) is 11.3 Å². The molecule has 140 valence electrons. The normalized spacial score (nSPS) is 10.8. The minimum Gasteiger partial charge on any atom is -0.321 e. The number of hydrogen-bond acceptors (Lipinski definition) is 5. The lowest BCUT2D eigenvalue weighted by Crippen LogP contribution is -2.13. The Morgan fingerprint density at radius 1 is 1.07 bits per heavy atom. The third-order valence-corrected chi connectivity index (χ3v) is 4.89. The highest BCUT2D eigenvalue weighted by molar-refractivity contribution is 7.14. The summed E-state index contributed by atoms with van der Waals surface area (Å²) in [5.41, 5.74) is 4.78. The first-order chi connectivity index (χ1) is 13.5. The number of pyridine rings is 1. The van der Waals surface area contributed by atoms with Crippen molar-refractivity contribution in [1.29, 1.82) is 0 Å². The number of carbonyl (C=O) groups excluding carboxylic acids is 2. The molecule has 4 aromatic rings. The number of nitrogens with zero attached hydrogens (tertiary/aromatic N) is 3. The smallest absolute Gasteiger partial charge is 0.275 e. The molecule has 0 spiro atoms. The van der Waals surface area contributed by atoms with Gasteiger partial charge in [-0.1, -0.05) is 18.2 Å². The number of imidazole rings is 1. The molecule has 0 atom stereocenters. The Bertz CT molecular complexity index is 1180. The number of carbonyl (C=O) groups is 2. The van der Waals surface area contributed by atoms with Crippen molar-refractivity contribution in [1.82, 2.24) is 14.4 Å². The fourth-order valence-corrected chi connectivity index (χ4v) is 3.53. The Hall–Kier alpha value is -3.52. The molecule has 0 unspecified atom stereocenters. The number of fused-ring (bicyclic) bond motifs is 1. The van der Waals surface area contributed by atoms with Crippen LogP contribution in [0.2, 0.25) is 0 Å². The lowest BCUT2D eigenvalue weighted by molar-refractivity contribution is -0.114. The molecular formula is C20H17N5O2S. The summed E-state index contributed by atoms with van der Waals surface area (Å²) in [6.07, 6.45) is 3.95. The number of rotatable bonds is 4. The van der Waals surface area contributed by atoms with Crippen LogP contribution in [-0.2, 0) is 4.79 Å². The molecule has 2 N–H and O–H groups in total. The van der Waals surface area contributed by atoms with Gasteiger partial charge < -0.3 is 15.0 Å². The maximum Gasteiger partial charge on any atom is 0.275 e. The van der Waals surface area contributed by atoms with Gasteiger partial charge in [0.2, 0.25) is 5.91 Å². The van der Waals surface area contributed by atoms with Gasteiger partial charge >= 0.3 is 0 Å². The summed E-state index contributed by atoms with van der Waals surface area (Å²) in [4.78, 5) is 32.2. The number of nitrogens with one attached hydrogen (secondary N) is 2. The van der Waals surface area contributed by atoms with Crippen LogP contribution in [0.5, 0.6) is 0 Å². The van der Waals surface area contributed by atoms with Crippen LogP contribution in [-0.4, -0.2) is 26.2 Å². The van der Waals surface area contributed by atoms with Crippen molar-refractivity contribution >= 4 is 39.6 Å². The highest BCUT2D eigenvalue weighted by atomic mass is 32.1. The van der Waals surface area contributed by atoms with Crippen LogP contribution in [0.1, 0.15) is 23.0 Å². The predicted octanol–water partition coefficient (Wildman–Crippen LogP) is 3.98. The van der Waals surface area contributed by atoms with Crippen LogP contribution in [0.3, 0.4) is 0 Å². The van der Waals surface area contributed by atoms with E-state index in [0.717, 1.165) is 22.5 Å². The SMILES string of the molecule is CC(=O)Nc1nc(C(=O)Nc2ccc(-c3cn4cccc(C)c4n3)cc2)cs1. The van der Waals surface area contributed by atoms with E-state index in [9.17, 15) is 9.59 Å². The zero-order chi connectivity index (χ0) is 19.7. The number of anilines is 2. The molecule has 8 heteroatoms. The standard InChI is InChI=1S/C20H17N5O2S/c1-12-4-3-9-25-10-16(23-18(12)25)14-5-7-15(8-6-14)22-19(27)17-11-28-20(24-17)21-13(2)26/h3-11H,1-2H3,(H,22,27)(H,21,24,26). The van der Waals surface area contributed by atoms with Gasteiger partial charge in [0.15, 0.2) is 5.13 Å². The molecule has 0 aliphatic rings. The summed E-state index contributed by atoms with van der Waals surface area (Å²) in [6, 6.07) is 11.5. The lowest BCUT2D eigenvalue weighted by atomic mass is 10.1. The molecule has 0 bridgehead atoms. The number of amides is 2. The van der Waals surface area contributed by atoms with E-state index < -0.39 is 0 Å². The number of aryl methyl sites for hydroxylation is 1. The zero-order valence-corrected chi connectivity index (χ0v) is 16.1. The van der Waals surface area contributed by atoms with Crippen LogP contribution < -0.4 is 10.6 Å². The fraction of sp³-hybridized carbons (Fsp3) is 0.100. The van der Waals surface area contributed by atoms with Gasteiger partial charge in [0.05, 0.1) is 5.69 Å². The summed E-state index contributed by atoms with van der Waals surface area (Å²) < 4.78 is 2.00. The minimum atomic E-state index is -0.330. The topological polar surface area (TPSA) is 88.4 Å². The van der Waals surface area contributed by atoms with E-state index in [1.165, 1.54) is 18.3 Å². The first-order valence-electron chi connectivity index (χ1n) is 8.59. The molecule has 0 fully saturated rings. The zero-order valence-electron chi connectivity index (χ0n) is 15.3. The van der Waals surface area contributed by atoms with Crippen molar-refractivity contribution in [3.8, 4) is 11.3 Å². The Balaban J connectivity index is 1.49. The lowest BCUT2D eigenvalue weighted by Gasteiger charge is -2.04. The molecule has 0 aliphatic carbocycles. The van der Waals surface area contributed by atoms with Crippen LogP contribution in [0.25, 0.3) is 16.9 Å². The van der Waals surface area contributed by atoms with Crippen molar-refractivity contribution in [3.63, 3.8) is 0 Å². The quantitative estimate of drug-likeness (QED) is 0.551.